The molecule has 1 aromatic carbocycles. The Morgan fingerprint density at radius 2 is 2.07 bits per heavy atom. The van der Waals surface area contributed by atoms with Crippen LogP contribution in [0.3, 0.4) is 0 Å². The number of aryl methyl sites for hydroxylation is 1. The highest BCUT2D eigenvalue weighted by Gasteiger charge is 2.17. The van der Waals surface area contributed by atoms with Crippen molar-refractivity contribution >= 4 is 10.9 Å². The molecule has 70 valence electrons. The summed E-state index contributed by atoms with van der Waals surface area (Å²) in [5.74, 6) is 1.01. The van der Waals surface area contributed by atoms with Gasteiger partial charge in [-0.05, 0) is 18.2 Å². The highest BCUT2D eigenvalue weighted by molar-refractivity contribution is 5.81. The Morgan fingerprint density at radius 3 is 3.07 bits per heavy atom. The van der Waals surface area contributed by atoms with Crippen LogP contribution >= 0.6 is 0 Å². The summed E-state index contributed by atoms with van der Waals surface area (Å²) in [7, 11) is 0. The van der Waals surface area contributed by atoms with E-state index in [-0.39, 0.29) is 0 Å². The molecule has 0 amide bonds. The van der Waals surface area contributed by atoms with E-state index < -0.39 is 0 Å². The third kappa shape index (κ3) is 1.07. The lowest BCUT2D eigenvalue weighted by Gasteiger charge is -2.01. The standard InChI is InChI=1S/C12H12NO/c1-4-10-5-2-7-13-8-3-9-14-11(6-1)12(10)13/h1-2,4-7H,3,8-9H2/q+1. The second kappa shape index (κ2) is 2.98. The first-order valence-electron chi connectivity index (χ1n) is 4.99. The number of para-hydroxylation sites is 1. The van der Waals surface area contributed by atoms with E-state index in [1.807, 2.05) is 12.1 Å². The van der Waals surface area contributed by atoms with E-state index in [1.165, 1.54) is 10.9 Å². The Bertz CT molecular complexity index is 438. The average molecular weight is 186 g/mol. The number of pyridine rings is 1. The molecule has 0 unspecified atom stereocenters. The molecule has 3 rings (SSSR count). The summed E-state index contributed by atoms with van der Waals surface area (Å²) in [6.45, 7) is 1.87. The maximum absolute atomic E-state index is 5.70. The number of hydrogen-bond donors (Lipinski definition) is 0. The SMILES string of the molecule is c1cc2c3c(c1)ccc[n+]3CCCO2. The molecule has 1 aliphatic heterocycles. The van der Waals surface area contributed by atoms with Crippen molar-refractivity contribution in [3.63, 3.8) is 0 Å². The van der Waals surface area contributed by atoms with Gasteiger partial charge in [0.15, 0.2) is 18.5 Å². The lowest BCUT2D eigenvalue weighted by Crippen LogP contribution is -2.33. The molecular formula is C12H12NO+. The van der Waals surface area contributed by atoms with Gasteiger partial charge in [-0.1, -0.05) is 6.07 Å². The second-order valence-electron chi connectivity index (χ2n) is 3.60. The maximum Gasteiger partial charge on any atom is 0.254 e. The molecule has 0 N–H and O–H groups in total. The van der Waals surface area contributed by atoms with Crippen LogP contribution in [0.1, 0.15) is 6.42 Å². The molecule has 0 fully saturated rings. The fourth-order valence-electron chi connectivity index (χ4n) is 2.03. The molecule has 1 aromatic heterocycles. The fraction of sp³-hybridized carbons (Fsp3) is 0.250. The van der Waals surface area contributed by atoms with E-state index in [4.69, 9.17) is 4.74 Å². The van der Waals surface area contributed by atoms with Crippen LogP contribution in [0.15, 0.2) is 36.5 Å². The van der Waals surface area contributed by atoms with Crippen LogP contribution in [0.5, 0.6) is 5.75 Å². The van der Waals surface area contributed by atoms with Crippen molar-refractivity contribution in [1.82, 2.24) is 0 Å². The molecule has 14 heavy (non-hydrogen) atoms. The number of ether oxygens (including phenoxy) is 1. The minimum absolute atomic E-state index is 0.820. The van der Waals surface area contributed by atoms with Crippen molar-refractivity contribution in [3.8, 4) is 5.75 Å². The number of aromatic nitrogens is 1. The monoisotopic (exact) mass is 186 g/mol. The highest BCUT2D eigenvalue weighted by Crippen LogP contribution is 2.23. The first kappa shape index (κ1) is 7.80. The lowest BCUT2D eigenvalue weighted by molar-refractivity contribution is -0.670. The third-order valence-electron chi connectivity index (χ3n) is 2.66. The molecule has 0 saturated carbocycles. The Kier molecular flexibility index (Phi) is 1.66. The molecule has 2 heteroatoms. The molecule has 0 bridgehead atoms. The average Bonchev–Trinajstić information content (AvgIpc) is 2.44. The molecule has 1 aliphatic rings. The maximum atomic E-state index is 5.70. The first-order chi connectivity index (χ1) is 6.95. The van der Waals surface area contributed by atoms with Crippen molar-refractivity contribution in [2.24, 2.45) is 0 Å². The predicted octanol–water partition coefficient (Wildman–Crippen LogP) is 1.91. The minimum Gasteiger partial charge on any atom is -0.487 e. The number of nitrogens with zero attached hydrogens (tertiary/aromatic N) is 1. The van der Waals surface area contributed by atoms with Gasteiger partial charge < -0.3 is 4.74 Å². The largest absolute Gasteiger partial charge is 0.487 e. The van der Waals surface area contributed by atoms with Gasteiger partial charge in [-0.15, -0.1) is 0 Å². The van der Waals surface area contributed by atoms with Gasteiger partial charge in [0, 0.05) is 12.5 Å². The second-order valence-corrected chi connectivity index (χ2v) is 3.60. The zero-order valence-electron chi connectivity index (χ0n) is 7.94. The van der Waals surface area contributed by atoms with Crippen LogP contribution < -0.4 is 9.30 Å². The van der Waals surface area contributed by atoms with Gasteiger partial charge >= 0.3 is 0 Å². The molecule has 2 nitrogen and oxygen atoms in total. The van der Waals surface area contributed by atoms with Crippen LogP contribution in [0, 0.1) is 0 Å². The zero-order valence-corrected chi connectivity index (χ0v) is 7.94. The van der Waals surface area contributed by atoms with E-state index >= 15 is 0 Å². The summed E-state index contributed by atoms with van der Waals surface area (Å²) in [6.07, 6.45) is 3.21. The minimum atomic E-state index is 0.820. The van der Waals surface area contributed by atoms with Gasteiger partial charge in [-0.2, -0.15) is 4.57 Å². The molecule has 2 aromatic rings. The molecule has 0 atom stereocenters. The molecule has 0 saturated heterocycles. The number of rotatable bonds is 0. The Morgan fingerprint density at radius 1 is 1.14 bits per heavy atom. The van der Waals surface area contributed by atoms with Crippen molar-refractivity contribution in [2.45, 2.75) is 13.0 Å². The number of benzene rings is 1. The number of hydrogen-bond acceptors (Lipinski definition) is 1. The lowest BCUT2D eigenvalue weighted by atomic mass is 10.2. The topological polar surface area (TPSA) is 13.1 Å². The summed E-state index contributed by atoms with van der Waals surface area (Å²) < 4.78 is 7.98. The van der Waals surface area contributed by atoms with Crippen LogP contribution in [0.25, 0.3) is 10.9 Å². The molecule has 2 heterocycles. The molecule has 0 spiro atoms. The van der Waals surface area contributed by atoms with Gasteiger partial charge in [0.25, 0.3) is 5.52 Å². The van der Waals surface area contributed by atoms with Crippen molar-refractivity contribution in [3.05, 3.63) is 36.5 Å². The zero-order chi connectivity index (χ0) is 9.38. The third-order valence-corrected chi connectivity index (χ3v) is 2.66. The first-order valence-corrected chi connectivity index (χ1v) is 4.99. The van der Waals surface area contributed by atoms with E-state index in [9.17, 15) is 0 Å². The van der Waals surface area contributed by atoms with Crippen LogP contribution in [-0.4, -0.2) is 6.61 Å². The van der Waals surface area contributed by atoms with Gasteiger partial charge in [-0.25, -0.2) is 0 Å². The normalized spacial score (nSPS) is 14.9. The quantitative estimate of drug-likeness (QED) is 0.573. The molecule has 0 radical (unpaired) electrons. The summed E-state index contributed by atoms with van der Waals surface area (Å²) in [6, 6.07) is 10.4. The van der Waals surface area contributed by atoms with Crippen LogP contribution in [0.2, 0.25) is 0 Å². The van der Waals surface area contributed by atoms with Crippen LogP contribution in [-0.2, 0) is 6.54 Å². The molecule has 0 aliphatic carbocycles. The van der Waals surface area contributed by atoms with E-state index in [0.29, 0.717) is 0 Å². The van der Waals surface area contributed by atoms with Gasteiger partial charge in [0.2, 0.25) is 0 Å². The Hall–Kier alpha value is -1.57. The van der Waals surface area contributed by atoms with Crippen molar-refractivity contribution < 1.29 is 9.30 Å². The fourth-order valence-corrected chi connectivity index (χ4v) is 2.03. The summed E-state index contributed by atoms with van der Waals surface area (Å²) >= 11 is 0. The molecular weight excluding hydrogens is 174 g/mol. The van der Waals surface area contributed by atoms with Gasteiger partial charge in [0.1, 0.15) is 0 Å². The summed E-state index contributed by atoms with van der Waals surface area (Å²) in [5, 5.41) is 1.26. The summed E-state index contributed by atoms with van der Waals surface area (Å²) in [5.41, 5.74) is 1.23. The van der Waals surface area contributed by atoms with E-state index in [1.54, 1.807) is 0 Å². The van der Waals surface area contributed by atoms with E-state index in [0.717, 1.165) is 25.3 Å². The van der Waals surface area contributed by atoms with Crippen molar-refractivity contribution in [2.75, 3.05) is 6.61 Å². The highest BCUT2D eigenvalue weighted by atomic mass is 16.5. The Balaban J connectivity index is 2.41. The van der Waals surface area contributed by atoms with E-state index in [2.05, 4.69) is 29.0 Å². The smallest absolute Gasteiger partial charge is 0.254 e. The van der Waals surface area contributed by atoms with Gasteiger partial charge in [-0.3, -0.25) is 0 Å². The Labute approximate surface area is 82.7 Å². The van der Waals surface area contributed by atoms with Crippen molar-refractivity contribution in [1.29, 1.82) is 0 Å². The van der Waals surface area contributed by atoms with Gasteiger partial charge in [0.05, 0.1) is 12.0 Å². The summed E-state index contributed by atoms with van der Waals surface area (Å²) in [4.78, 5) is 0. The predicted molar refractivity (Wildman–Crippen MR) is 54.3 cm³/mol. The van der Waals surface area contributed by atoms with Crippen LogP contribution in [0.4, 0.5) is 0 Å².